The van der Waals surface area contributed by atoms with Gasteiger partial charge in [-0.05, 0) is 12.8 Å². The largest absolute Gasteiger partial charge is 0.494 e. The number of rotatable bonds is 3. The Balaban J connectivity index is 1.61. The van der Waals surface area contributed by atoms with Gasteiger partial charge < -0.3 is 13.9 Å². The molecular weight excluding hydrogens is 262 g/mol. The monoisotopic (exact) mass is 279 g/mol. The molecule has 7 nitrogen and oxygen atoms in total. The summed E-state index contributed by atoms with van der Waals surface area (Å²) >= 11 is 0. The molecule has 0 bridgehead atoms. The molecule has 20 heavy (non-hydrogen) atoms. The predicted molar refractivity (Wildman–Crippen MR) is 68.7 cm³/mol. The lowest BCUT2D eigenvalue weighted by Gasteiger charge is -2.17. The quantitative estimate of drug-likeness (QED) is 0.910. The standard InChI is InChI=1S/C13H17N3O4/c17-11(10-8-18-6-7-19-10)14-13-16-15-12(20-13)9-4-2-1-3-5-9/h8-9H,1-7H2,(H,14,16,17). The smallest absolute Gasteiger partial charge is 0.322 e. The number of hydrogen-bond acceptors (Lipinski definition) is 6. The van der Waals surface area contributed by atoms with Gasteiger partial charge in [-0.3, -0.25) is 10.1 Å². The summed E-state index contributed by atoms with van der Waals surface area (Å²) in [6, 6.07) is 0.102. The van der Waals surface area contributed by atoms with E-state index in [4.69, 9.17) is 13.9 Å². The Hall–Kier alpha value is -2.05. The third-order valence-electron chi connectivity index (χ3n) is 3.49. The van der Waals surface area contributed by atoms with Crippen molar-refractivity contribution in [3.8, 4) is 0 Å². The van der Waals surface area contributed by atoms with Crippen LogP contribution in [-0.4, -0.2) is 29.3 Å². The minimum Gasteiger partial charge on any atom is -0.494 e. The Morgan fingerprint density at radius 1 is 1.20 bits per heavy atom. The number of aromatic nitrogens is 2. The first kappa shape index (κ1) is 13.0. The van der Waals surface area contributed by atoms with Gasteiger partial charge >= 0.3 is 6.01 Å². The van der Waals surface area contributed by atoms with Crippen molar-refractivity contribution in [2.75, 3.05) is 18.5 Å². The summed E-state index contributed by atoms with van der Waals surface area (Å²) in [6.45, 7) is 0.805. The zero-order valence-corrected chi connectivity index (χ0v) is 11.1. The molecular formula is C13H17N3O4. The molecule has 108 valence electrons. The van der Waals surface area contributed by atoms with Crippen LogP contribution < -0.4 is 5.32 Å². The number of ether oxygens (including phenoxy) is 2. The summed E-state index contributed by atoms with van der Waals surface area (Å²) in [6.07, 6.45) is 7.06. The number of amides is 1. The van der Waals surface area contributed by atoms with Gasteiger partial charge in [-0.15, -0.1) is 5.10 Å². The van der Waals surface area contributed by atoms with Crippen molar-refractivity contribution in [3.63, 3.8) is 0 Å². The molecule has 0 unspecified atom stereocenters. The van der Waals surface area contributed by atoms with Gasteiger partial charge in [0.2, 0.25) is 11.6 Å². The normalized spacial score (nSPS) is 19.7. The van der Waals surface area contributed by atoms with Gasteiger partial charge in [-0.1, -0.05) is 24.4 Å². The molecule has 1 aromatic rings. The molecule has 0 saturated heterocycles. The predicted octanol–water partition coefficient (Wildman–Crippen LogP) is 1.94. The van der Waals surface area contributed by atoms with Crippen LogP contribution in [0.3, 0.4) is 0 Å². The van der Waals surface area contributed by atoms with Crippen LogP contribution in [-0.2, 0) is 14.3 Å². The molecule has 0 spiro atoms. The van der Waals surface area contributed by atoms with Gasteiger partial charge in [-0.2, -0.15) is 0 Å². The van der Waals surface area contributed by atoms with Crippen molar-refractivity contribution in [3.05, 3.63) is 17.9 Å². The molecule has 3 rings (SSSR count). The van der Waals surface area contributed by atoms with E-state index in [9.17, 15) is 4.79 Å². The van der Waals surface area contributed by atoms with E-state index in [0.717, 1.165) is 12.8 Å². The number of anilines is 1. The Morgan fingerprint density at radius 2 is 2.05 bits per heavy atom. The van der Waals surface area contributed by atoms with E-state index >= 15 is 0 Å². The Labute approximate surface area is 116 Å². The number of nitrogens with one attached hydrogen (secondary N) is 1. The summed E-state index contributed by atoms with van der Waals surface area (Å²) in [5, 5.41) is 10.4. The molecule has 0 aromatic carbocycles. The van der Waals surface area contributed by atoms with Gasteiger partial charge in [0.05, 0.1) is 0 Å². The fourth-order valence-corrected chi connectivity index (χ4v) is 2.45. The summed E-state index contributed by atoms with van der Waals surface area (Å²) in [5.74, 6) is 0.599. The number of carbonyl (C=O) groups is 1. The first-order valence-electron chi connectivity index (χ1n) is 6.92. The van der Waals surface area contributed by atoms with E-state index in [1.807, 2.05) is 0 Å². The third-order valence-corrected chi connectivity index (χ3v) is 3.49. The van der Waals surface area contributed by atoms with Gasteiger partial charge in [0.25, 0.3) is 5.91 Å². The van der Waals surface area contributed by atoms with Gasteiger partial charge in [0.15, 0.2) is 0 Å². The average Bonchev–Trinajstić information content (AvgIpc) is 2.97. The lowest BCUT2D eigenvalue weighted by Crippen LogP contribution is -2.21. The topological polar surface area (TPSA) is 86.5 Å². The molecule has 1 amide bonds. The van der Waals surface area contributed by atoms with E-state index in [2.05, 4.69) is 15.5 Å². The molecule has 1 N–H and O–H groups in total. The highest BCUT2D eigenvalue weighted by molar-refractivity contribution is 6.00. The van der Waals surface area contributed by atoms with Crippen LogP contribution >= 0.6 is 0 Å². The van der Waals surface area contributed by atoms with Gasteiger partial charge in [0, 0.05) is 5.92 Å². The van der Waals surface area contributed by atoms with E-state index < -0.39 is 5.91 Å². The van der Waals surface area contributed by atoms with Crippen molar-refractivity contribution in [2.45, 2.75) is 38.0 Å². The Morgan fingerprint density at radius 3 is 2.80 bits per heavy atom. The first-order chi connectivity index (χ1) is 9.83. The van der Waals surface area contributed by atoms with E-state index in [1.165, 1.54) is 25.5 Å². The maximum Gasteiger partial charge on any atom is 0.322 e. The SMILES string of the molecule is O=C(Nc1nnc(C2CCCCC2)o1)C1=COCCO1. The number of nitrogens with zero attached hydrogens (tertiary/aromatic N) is 2. The maximum atomic E-state index is 11.8. The van der Waals surface area contributed by atoms with Crippen LogP contribution in [0.1, 0.15) is 43.9 Å². The van der Waals surface area contributed by atoms with Crippen LogP contribution in [0.2, 0.25) is 0 Å². The molecule has 1 aromatic heterocycles. The second kappa shape index (κ2) is 5.94. The maximum absolute atomic E-state index is 11.8. The molecule has 0 radical (unpaired) electrons. The van der Waals surface area contributed by atoms with Gasteiger partial charge in [0.1, 0.15) is 19.5 Å². The highest BCUT2D eigenvalue weighted by Crippen LogP contribution is 2.32. The fourth-order valence-electron chi connectivity index (χ4n) is 2.45. The second-order valence-electron chi connectivity index (χ2n) is 4.94. The Bertz CT molecular complexity index is 505. The number of hydrogen-bond donors (Lipinski definition) is 1. The lowest BCUT2D eigenvalue weighted by molar-refractivity contribution is -0.117. The molecule has 7 heteroatoms. The lowest BCUT2D eigenvalue weighted by atomic mass is 9.89. The Kier molecular flexibility index (Phi) is 3.85. The third kappa shape index (κ3) is 2.92. The van der Waals surface area contributed by atoms with Crippen LogP contribution in [0.25, 0.3) is 0 Å². The first-order valence-corrected chi connectivity index (χ1v) is 6.92. The molecule has 1 aliphatic heterocycles. The summed E-state index contributed by atoms with van der Waals surface area (Å²) < 4.78 is 15.7. The molecule has 1 aliphatic carbocycles. The van der Waals surface area contributed by atoms with Crippen molar-refractivity contribution >= 4 is 11.9 Å². The van der Waals surface area contributed by atoms with E-state index in [0.29, 0.717) is 25.0 Å². The van der Waals surface area contributed by atoms with Crippen molar-refractivity contribution in [1.82, 2.24) is 10.2 Å². The number of carbonyl (C=O) groups excluding carboxylic acids is 1. The molecule has 1 saturated carbocycles. The minimum atomic E-state index is -0.441. The summed E-state index contributed by atoms with van der Waals surface area (Å²) in [4.78, 5) is 11.8. The van der Waals surface area contributed by atoms with Gasteiger partial charge in [-0.25, -0.2) is 0 Å². The van der Waals surface area contributed by atoms with E-state index in [1.54, 1.807) is 0 Å². The van der Waals surface area contributed by atoms with Crippen LogP contribution in [0.15, 0.2) is 16.4 Å². The molecule has 2 aliphatic rings. The second-order valence-corrected chi connectivity index (χ2v) is 4.94. The van der Waals surface area contributed by atoms with Crippen LogP contribution in [0.5, 0.6) is 0 Å². The van der Waals surface area contributed by atoms with Crippen LogP contribution in [0.4, 0.5) is 6.01 Å². The molecule has 0 atom stereocenters. The highest BCUT2D eigenvalue weighted by atomic mass is 16.6. The molecule has 2 heterocycles. The summed E-state index contributed by atoms with van der Waals surface area (Å²) in [5.41, 5.74) is 0. The zero-order chi connectivity index (χ0) is 13.8. The fraction of sp³-hybridized carbons (Fsp3) is 0.615. The van der Waals surface area contributed by atoms with E-state index in [-0.39, 0.29) is 11.8 Å². The van der Waals surface area contributed by atoms with Crippen molar-refractivity contribution in [2.24, 2.45) is 0 Å². The average molecular weight is 279 g/mol. The minimum absolute atomic E-state index is 0.102. The molecule has 1 fully saturated rings. The van der Waals surface area contributed by atoms with Crippen molar-refractivity contribution in [1.29, 1.82) is 0 Å². The summed E-state index contributed by atoms with van der Waals surface area (Å²) in [7, 11) is 0. The highest BCUT2D eigenvalue weighted by Gasteiger charge is 2.23. The van der Waals surface area contributed by atoms with Crippen molar-refractivity contribution < 1.29 is 18.7 Å². The van der Waals surface area contributed by atoms with Crippen LogP contribution in [0, 0.1) is 0 Å². The zero-order valence-electron chi connectivity index (χ0n) is 11.1.